The van der Waals surface area contributed by atoms with Gasteiger partial charge < -0.3 is 14.4 Å². The van der Waals surface area contributed by atoms with Gasteiger partial charge in [-0.1, -0.05) is 35.9 Å². The van der Waals surface area contributed by atoms with Crippen molar-refractivity contribution in [1.82, 2.24) is 14.5 Å². The molecule has 0 saturated carbocycles. The molecule has 0 N–H and O–H groups in total. The summed E-state index contributed by atoms with van der Waals surface area (Å²) in [6.45, 7) is 5.93. The van der Waals surface area contributed by atoms with Gasteiger partial charge in [-0.15, -0.1) is 0 Å². The molecule has 1 aromatic carbocycles. The number of hydrogen-bond acceptors (Lipinski definition) is 4. The van der Waals surface area contributed by atoms with Crippen molar-refractivity contribution in [1.29, 1.82) is 0 Å². The zero-order valence-electron chi connectivity index (χ0n) is 18.7. The van der Waals surface area contributed by atoms with Gasteiger partial charge in [0, 0.05) is 44.6 Å². The van der Waals surface area contributed by atoms with Crippen LogP contribution in [0.5, 0.6) is 0 Å². The van der Waals surface area contributed by atoms with Crippen molar-refractivity contribution >= 4 is 11.4 Å². The Balaban J connectivity index is 1.40. The van der Waals surface area contributed by atoms with Gasteiger partial charge in [0.15, 0.2) is 0 Å². The van der Waals surface area contributed by atoms with Crippen LogP contribution in [-0.2, 0) is 26.1 Å². The average molecular weight is 434 g/mol. The molecule has 6 nitrogen and oxygen atoms in total. The van der Waals surface area contributed by atoms with Crippen LogP contribution in [0, 0.1) is 12.8 Å². The standard InChI is InChI=1S/C26H31N3O3/c1-20-4-6-23(7-5-20)26(9-14-31-15-10-26)25(30)28-13-16-32-19-21(18-28)17-22-3-2-12-29-24(22)8-11-27-29/h2-8,11-12,21H,9-10,13-19H2,1H3/t21-/m0/s1. The monoisotopic (exact) mass is 433 g/mol. The molecule has 4 heterocycles. The van der Waals surface area contributed by atoms with Crippen LogP contribution in [0.4, 0.5) is 0 Å². The summed E-state index contributed by atoms with van der Waals surface area (Å²) in [6.07, 6.45) is 6.11. The minimum atomic E-state index is -0.508. The molecule has 0 unspecified atom stereocenters. The van der Waals surface area contributed by atoms with E-state index in [1.165, 1.54) is 11.1 Å². The summed E-state index contributed by atoms with van der Waals surface area (Å²) in [6, 6.07) is 14.7. The molecule has 32 heavy (non-hydrogen) atoms. The van der Waals surface area contributed by atoms with Crippen molar-refractivity contribution in [2.75, 3.05) is 39.5 Å². The molecule has 1 amide bonds. The lowest BCUT2D eigenvalue weighted by Crippen LogP contribution is -2.51. The quantitative estimate of drug-likeness (QED) is 0.633. The molecule has 0 aliphatic carbocycles. The molecule has 1 atom stereocenters. The van der Waals surface area contributed by atoms with Crippen molar-refractivity contribution < 1.29 is 14.3 Å². The number of pyridine rings is 1. The summed E-state index contributed by atoms with van der Waals surface area (Å²) < 4.78 is 13.5. The first kappa shape index (κ1) is 21.2. The average Bonchev–Trinajstić information content (AvgIpc) is 3.19. The van der Waals surface area contributed by atoms with E-state index in [1.807, 2.05) is 29.0 Å². The van der Waals surface area contributed by atoms with Crippen LogP contribution < -0.4 is 0 Å². The highest BCUT2D eigenvalue weighted by Crippen LogP contribution is 2.37. The van der Waals surface area contributed by atoms with Crippen molar-refractivity contribution in [3.63, 3.8) is 0 Å². The summed E-state index contributed by atoms with van der Waals surface area (Å²) in [5, 5.41) is 4.35. The van der Waals surface area contributed by atoms with Crippen LogP contribution in [0.25, 0.3) is 5.52 Å². The second-order valence-corrected chi connectivity index (χ2v) is 9.15. The lowest BCUT2D eigenvalue weighted by molar-refractivity contribution is -0.141. The minimum absolute atomic E-state index is 0.225. The van der Waals surface area contributed by atoms with Gasteiger partial charge in [0.2, 0.25) is 5.91 Å². The maximum absolute atomic E-state index is 14.1. The van der Waals surface area contributed by atoms with E-state index < -0.39 is 5.41 Å². The molecule has 2 aliphatic rings. The van der Waals surface area contributed by atoms with E-state index in [0.717, 1.165) is 30.3 Å². The number of hydrogen-bond donors (Lipinski definition) is 0. The third-order valence-corrected chi connectivity index (χ3v) is 7.02. The highest BCUT2D eigenvalue weighted by atomic mass is 16.5. The first-order chi connectivity index (χ1) is 15.7. The van der Waals surface area contributed by atoms with Crippen molar-refractivity contribution in [2.24, 2.45) is 5.92 Å². The van der Waals surface area contributed by atoms with Crippen molar-refractivity contribution in [3.05, 3.63) is 71.5 Å². The molecule has 5 rings (SSSR count). The Hall–Kier alpha value is -2.70. The van der Waals surface area contributed by atoms with Gasteiger partial charge in [-0.25, -0.2) is 4.52 Å². The second-order valence-electron chi connectivity index (χ2n) is 9.15. The molecule has 168 valence electrons. The van der Waals surface area contributed by atoms with Crippen LogP contribution in [0.1, 0.15) is 29.5 Å². The highest BCUT2D eigenvalue weighted by Gasteiger charge is 2.44. The fourth-order valence-electron chi connectivity index (χ4n) is 5.21. The van der Waals surface area contributed by atoms with E-state index >= 15 is 0 Å². The predicted octanol–water partition coefficient (Wildman–Crippen LogP) is 3.41. The SMILES string of the molecule is Cc1ccc(C2(C(=O)N3CCOC[C@@H](Cc4cccn5nccc45)C3)CCOCC2)cc1. The van der Waals surface area contributed by atoms with Gasteiger partial charge in [0.25, 0.3) is 0 Å². The first-order valence-corrected chi connectivity index (χ1v) is 11.6. The molecule has 2 fully saturated rings. The van der Waals surface area contributed by atoms with Gasteiger partial charge in [0.1, 0.15) is 0 Å². The Morgan fingerprint density at radius 2 is 1.91 bits per heavy atom. The summed E-state index contributed by atoms with van der Waals surface area (Å²) in [4.78, 5) is 16.1. The number of rotatable bonds is 4. The molecular weight excluding hydrogens is 402 g/mol. The maximum Gasteiger partial charge on any atom is 0.233 e. The van der Waals surface area contributed by atoms with Crippen molar-refractivity contribution in [3.8, 4) is 0 Å². The van der Waals surface area contributed by atoms with Gasteiger partial charge in [-0.3, -0.25) is 4.79 Å². The third kappa shape index (κ3) is 4.05. The summed E-state index contributed by atoms with van der Waals surface area (Å²) in [5.74, 6) is 0.472. The second kappa shape index (κ2) is 9.04. The number of benzene rings is 1. The third-order valence-electron chi connectivity index (χ3n) is 7.02. The summed E-state index contributed by atoms with van der Waals surface area (Å²) in [7, 11) is 0. The van der Waals surface area contributed by atoms with E-state index in [0.29, 0.717) is 39.5 Å². The Labute approximate surface area is 189 Å². The van der Waals surface area contributed by atoms with Gasteiger partial charge in [-0.2, -0.15) is 5.10 Å². The van der Waals surface area contributed by atoms with Crippen LogP contribution >= 0.6 is 0 Å². The number of aromatic nitrogens is 2. The van der Waals surface area contributed by atoms with E-state index in [1.54, 1.807) is 0 Å². The van der Waals surface area contributed by atoms with Gasteiger partial charge in [-0.05, 0) is 49.4 Å². The maximum atomic E-state index is 14.1. The lowest BCUT2D eigenvalue weighted by Gasteiger charge is -2.40. The molecule has 2 aromatic heterocycles. The molecular formula is C26H31N3O3. The van der Waals surface area contributed by atoms with Crippen LogP contribution in [0.2, 0.25) is 0 Å². The number of aryl methyl sites for hydroxylation is 1. The Morgan fingerprint density at radius 1 is 1.09 bits per heavy atom. The molecule has 0 spiro atoms. The Bertz CT molecular complexity index is 1070. The number of carbonyl (C=O) groups is 1. The topological polar surface area (TPSA) is 56.1 Å². The number of fused-ring (bicyclic) bond motifs is 1. The molecule has 6 heteroatoms. The molecule has 0 radical (unpaired) electrons. The number of amides is 1. The first-order valence-electron chi connectivity index (χ1n) is 11.6. The van der Waals surface area contributed by atoms with Gasteiger partial charge in [0.05, 0.1) is 24.1 Å². The van der Waals surface area contributed by atoms with E-state index in [9.17, 15) is 4.79 Å². The smallest absolute Gasteiger partial charge is 0.233 e. The lowest BCUT2D eigenvalue weighted by atomic mass is 9.72. The van der Waals surface area contributed by atoms with Crippen LogP contribution in [0.3, 0.4) is 0 Å². The number of carbonyl (C=O) groups excluding carboxylic acids is 1. The largest absolute Gasteiger partial charge is 0.381 e. The molecule has 2 saturated heterocycles. The molecule has 3 aromatic rings. The summed E-state index contributed by atoms with van der Waals surface area (Å²) >= 11 is 0. The highest BCUT2D eigenvalue weighted by molar-refractivity contribution is 5.88. The summed E-state index contributed by atoms with van der Waals surface area (Å²) in [5.41, 5.74) is 4.18. The van der Waals surface area contributed by atoms with Crippen molar-refractivity contribution in [2.45, 2.75) is 31.6 Å². The fraction of sp³-hybridized carbons (Fsp3) is 0.462. The zero-order chi connectivity index (χ0) is 22.0. The van der Waals surface area contributed by atoms with E-state index in [4.69, 9.17) is 9.47 Å². The van der Waals surface area contributed by atoms with E-state index in [-0.39, 0.29) is 11.8 Å². The van der Waals surface area contributed by atoms with Crippen LogP contribution in [0.15, 0.2) is 54.9 Å². The zero-order valence-corrected chi connectivity index (χ0v) is 18.7. The fourth-order valence-corrected chi connectivity index (χ4v) is 5.21. The number of nitrogens with zero attached hydrogens (tertiary/aromatic N) is 3. The van der Waals surface area contributed by atoms with Crippen LogP contribution in [-0.4, -0.2) is 59.9 Å². The predicted molar refractivity (Wildman–Crippen MR) is 123 cm³/mol. The minimum Gasteiger partial charge on any atom is -0.381 e. The number of ether oxygens (including phenoxy) is 2. The van der Waals surface area contributed by atoms with Gasteiger partial charge >= 0.3 is 0 Å². The van der Waals surface area contributed by atoms with E-state index in [2.05, 4.69) is 47.3 Å². The Kier molecular flexibility index (Phi) is 5.98. The normalized spacial score (nSPS) is 21.4. The molecule has 0 bridgehead atoms. The Morgan fingerprint density at radius 3 is 2.72 bits per heavy atom. The molecule has 2 aliphatic heterocycles.